The molecule has 32 heavy (non-hydrogen) atoms. The molecule has 2 unspecified atom stereocenters. The second-order valence-electron chi connectivity index (χ2n) is 7.62. The second-order valence-corrected chi connectivity index (χ2v) is 9.99. The minimum atomic E-state index is -3.71. The Kier molecular flexibility index (Phi) is 7.83. The first-order valence-electron chi connectivity index (χ1n) is 10.8. The van der Waals surface area contributed by atoms with E-state index in [9.17, 15) is 14.2 Å². The fraction of sp³-hybridized carbons (Fsp3) is 0.360. The average molecular weight is 456 g/mol. The summed E-state index contributed by atoms with van der Waals surface area (Å²) in [5.74, 6) is -1.09. The molecular formula is C25H29O6P. The molecule has 0 bridgehead atoms. The molecule has 0 heterocycles. The molecule has 1 aliphatic rings. The van der Waals surface area contributed by atoms with Crippen LogP contribution < -0.4 is 0 Å². The number of carbonyl (C=O) groups is 2. The zero-order chi connectivity index (χ0) is 23.2. The SMILES string of the molecule is CCOP(=O)(OCC)C(C)C(=O)OC1CC(c2ccccc2)(c2ccccc2)C=CC1=O. The molecule has 0 amide bonds. The number of hydrogen-bond donors (Lipinski definition) is 0. The molecule has 0 N–H and O–H groups in total. The molecule has 7 heteroatoms. The number of benzene rings is 2. The van der Waals surface area contributed by atoms with E-state index in [2.05, 4.69) is 0 Å². The van der Waals surface area contributed by atoms with Crippen LogP contribution in [0.4, 0.5) is 0 Å². The van der Waals surface area contributed by atoms with E-state index in [-0.39, 0.29) is 25.4 Å². The largest absolute Gasteiger partial charge is 0.453 e. The molecular weight excluding hydrogens is 427 g/mol. The lowest BCUT2D eigenvalue weighted by molar-refractivity contribution is -0.154. The molecule has 2 atom stereocenters. The molecule has 0 fully saturated rings. The molecule has 6 nitrogen and oxygen atoms in total. The van der Waals surface area contributed by atoms with Crippen molar-refractivity contribution >= 4 is 19.3 Å². The van der Waals surface area contributed by atoms with E-state index < -0.39 is 30.7 Å². The van der Waals surface area contributed by atoms with Crippen LogP contribution in [-0.4, -0.2) is 36.7 Å². The minimum absolute atomic E-state index is 0.130. The molecule has 0 spiro atoms. The van der Waals surface area contributed by atoms with Gasteiger partial charge in [-0.3, -0.25) is 14.2 Å². The Labute approximate surface area is 189 Å². The average Bonchev–Trinajstić information content (AvgIpc) is 2.81. The molecule has 2 aromatic rings. The second kappa shape index (κ2) is 10.4. The van der Waals surface area contributed by atoms with Gasteiger partial charge in [-0.15, -0.1) is 0 Å². The van der Waals surface area contributed by atoms with Crippen molar-refractivity contribution < 1.29 is 27.9 Å². The molecule has 3 rings (SSSR count). The van der Waals surface area contributed by atoms with E-state index in [1.165, 1.54) is 13.0 Å². The zero-order valence-corrected chi connectivity index (χ0v) is 19.5. The van der Waals surface area contributed by atoms with Gasteiger partial charge in [0.05, 0.1) is 13.2 Å². The summed E-state index contributed by atoms with van der Waals surface area (Å²) in [5.41, 5.74) is 0.175. The van der Waals surface area contributed by atoms with E-state index in [0.717, 1.165) is 11.1 Å². The van der Waals surface area contributed by atoms with E-state index in [4.69, 9.17) is 13.8 Å². The van der Waals surface area contributed by atoms with Gasteiger partial charge in [-0.1, -0.05) is 66.7 Å². The van der Waals surface area contributed by atoms with Crippen molar-refractivity contribution in [3.63, 3.8) is 0 Å². The fourth-order valence-electron chi connectivity index (χ4n) is 3.95. The summed E-state index contributed by atoms with van der Waals surface area (Å²) in [6.45, 7) is 5.05. The fourth-order valence-corrected chi connectivity index (χ4v) is 5.51. The van der Waals surface area contributed by atoms with Crippen LogP contribution >= 0.6 is 7.60 Å². The van der Waals surface area contributed by atoms with Gasteiger partial charge in [0.25, 0.3) is 0 Å². The first-order valence-corrected chi connectivity index (χ1v) is 12.4. The van der Waals surface area contributed by atoms with Crippen molar-refractivity contribution in [2.75, 3.05) is 13.2 Å². The Morgan fingerprint density at radius 3 is 1.97 bits per heavy atom. The molecule has 0 saturated carbocycles. The molecule has 0 aromatic heterocycles. The summed E-state index contributed by atoms with van der Waals surface area (Å²) >= 11 is 0. The molecule has 170 valence electrons. The Morgan fingerprint density at radius 1 is 1.00 bits per heavy atom. The van der Waals surface area contributed by atoms with Gasteiger partial charge in [0.15, 0.2) is 17.5 Å². The van der Waals surface area contributed by atoms with Gasteiger partial charge in [-0.2, -0.15) is 0 Å². The van der Waals surface area contributed by atoms with Gasteiger partial charge in [0.2, 0.25) is 0 Å². The van der Waals surface area contributed by atoms with Gasteiger partial charge in [-0.05, 0) is 38.0 Å². The highest BCUT2D eigenvalue weighted by molar-refractivity contribution is 7.55. The number of esters is 1. The third-order valence-corrected chi connectivity index (χ3v) is 8.02. The Morgan fingerprint density at radius 2 is 1.50 bits per heavy atom. The lowest BCUT2D eigenvalue weighted by atomic mass is 9.68. The third-order valence-electron chi connectivity index (χ3n) is 5.63. The van der Waals surface area contributed by atoms with Crippen LogP contribution in [0.3, 0.4) is 0 Å². The monoisotopic (exact) mass is 456 g/mol. The maximum atomic E-state index is 13.0. The Bertz CT molecular complexity index is 952. The maximum Gasteiger partial charge on any atom is 0.344 e. The van der Waals surface area contributed by atoms with Crippen LogP contribution in [-0.2, 0) is 33.4 Å². The van der Waals surface area contributed by atoms with Gasteiger partial charge in [0, 0.05) is 11.8 Å². The standard InChI is InChI=1S/C25H29O6P/c1-4-29-32(28,30-5-2)19(3)24(27)31-23-18-25(17-16-22(23)26,20-12-8-6-9-13-20)21-14-10-7-11-15-21/h6-17,19,23H,4-5,18H2,1-3H3. The maximum absolute atomic E-state index is 13.0. The van der Waals surface area contributed by atoms with Crippen molar-refractivity contribution in [1.82, 2.24) is 0 Å². The lowest BCUT2D eigenvalue weighted by Crippen LogP contribution is -2.41. The molecule has 0 saturated heterocycles. The van der Waals surface area contributed by atoms with Crippen molar-refractivity contribution in [2.24, 2.45) is 0 Å². The summed E-state index contributed by atoms with van der Waals surface area (Å²) in [6, 6.07) is 19.6. The quantitative estimate of drug-likeness (QED) is 0.387. The van der Waals surface area contributed by atoms with Crippen molar-refractivity contribution in [3.05, 3.63) is 83.9 Å². The van der Waals surface area contributed by atoms with Crippen LogP contribution in [0.15, 0.2) is 72.8 Å². The van der Waals surface area contributed by atoms with E-state index in [1.54, 1.807) is 13.8 Å². The first-order chi connectivity index (χ1) is 15.4. The molecule has 0 aliphatic heterocycles. The van der Waals surface area contributed by atoms with Crippen LogP contribution in [0, 0.1) is 0 Å². The van der Waals surface area contributed by atoms with Crippen molar-refractivity contribution in [3.8, 4) is 0 Å². The Balaban J connectivity index is 1.92. The molecule has 2 aromatic carbocycles. The summed E-state index contributed by atoms with van der Waals surface area (Å²) in [5, 5.41) is 0. The summed E-state index contributed by atoms with van der Waals surface area (Å²) in [7, 11) is -3.71. The van der Waals surface area contributed by atoms with Gasteiger partial charge in [0.1, 0.15) is 0 Å². The Hall–Kier alpha value is -2.53. The van der Waals surface area contributed by atoms with Crippen LogP contribution in [0.5, 0.6) is 0 Å². The van der Waals surface area contributed by atoms with E-state index in [1.807, 2.05) is 66.7 Å². The van der Waals surface area contributed by atoms with Crippen LogP contribution in [0.1, 0.15) is 38.3 Å². The summed E-state index contributed by atoms with van der Waals surface area (Å²) in [4.78, 5) is 25.6. The van der Waals surface area contributed by atoms with Crippen molar-refractivity contribution in [1.29, 1.82) is 0 Å². The van der Waals surface area contributed by atoms with Gasteiger partial charge >= 0.3 is 13.6 Å². The topological polar surface area (TPSA) is 78.9 Å². The number of hydrogen-bond acceptors (Lipinski definition) is 6. The van der Waals surface area contributed by atoms with Crippen LogP contribution in [0.25, 0.3) is 0 Å². The summed E-state index contributed by atoms with van der Waals surface area (Å²) < 4.78 is 29.2. The predicted octanol–water partition coefficient (Wildman–Crippen LogP) is 5.07. The predicted molar refractivity (Wildman–Crippen MR) is 123 cm³/mol. The highest BCUT2D eigenvalue weighted by Gasteiger charge is 2.44. The molecule has 0 radical (unpaired) electrons. The normalized spacial score (nSPS) is 18.8. The minimum Gasteiger partial charge on any atom is -0.453 e. The zero-order valence-electron chi connectivity index (χ0n) is 18.6. The number of rotatable bonds is 9. The smallest absolute Gasteiger partial charge is 0.344 e. The van der Waals surface area contributed by atoms with E-state index >= 15 is 0 Å². The molecule has 1 aliphatic carbocycles. The highest BCUT2D eigenvalue weighted by Crippen LogP contribution is 2.53. The highest BCUT2D eigenvalue weighted by atomic mass is 31.2. The number of allylic oxidation sites excluding steroid dienone is 1. The summed E-state index contributed by atoms with van der Waals surface area (Å²) in [6.07, 6.45) is 2.56. The number of carbonyl (C=O) groups excluding carboxylic acids is 2. The van der Waals surface area contributed by atoms with Crippen LogP contribution in [0.2, 0.25) is 0 Å². The van der Waals surface area contributed by atoms with E-state index in [0.29, 0.717) is 0 Å². The van der Waals surface area contributed by atoms with Gasteiger partial charge < -0.3 is 13.8 Å². The first kappa shape index (κ1) is 24.1. The van der Waals surface area contributed by atoms with Crippen molar-refractivity contribution in [2.45, 2.75) is 44.4 Å². The third kappa shape index (κ3) is 4.93. The lowest BCUT2D eigenvalue weighted by Gasteiger charge is -2.37. The number of ketones is 1. The van der Waals surface area contributed by atoms with Gasteiger partial charge in [-0.25, -0.2) is 0 Å². The number of ether oxygens (including phenoxy) is 1.